The van der Waals surface area contributed by atoms with E-state index in [1.165, 1.54) is 94.2 Å². The first-order valence-corrected chi connectivity index (χ1v) is 18.7. The Bertz CT molecular complexity index is 2130. The monoisotopic (exact) mass is 870 g/mol. The van der Waals surface area contributed by atoms with Crippen LogP contribution in [0.25, 0.3) is 18.2 Å². The molecule has 9 atom stereocenters. The fourth-order valence-corrected chi connectivity index (χ4v) is 6.23. The number of phenolic OH excluding ortho intramolecular Hbond substituents is 3. The van der Waals surface area contributed by atoms with Crippen LogP contribution in [0.3, 0.4) is 0 Å². The number of aliphatic hydroxyl groups is 5. The van der Waals surface area contributed by atoms with Gasteiger partial charge in [-0.1, -0.05) is 18.2 Å². The Hall–Kier alpha value is -6.23. The molecule has 0 saturated carbocycles. The predicted octanol–water partition coefficient (Wildman–Crippen LogP) is 0.540. The van der Waals surface area contributed by atoms with Crippen molar-refractivity contribution in [2.75, 3.05) is 41.2 Å². The van der Waals surface area contributed by atoms with Crippen molar-refractivity contribution in [1.29, 1.82) is 0 Å². The summed E-state index contributed by atoms with van der Waals surface area (Å²) in [6, 6.07) is 12.6. The zero-order valence-electron chi connectivity index (χ0n) is 33.4. The van der Waals surface area contributed by atoms with Crippen LogP contribution in [0.1, 0.15) is 16.7 Å². The molecular formula is C42H46O20. The number of aliphatic hydroxyl groups excluding tert-OH is 5. The molecule has 62 heavy (non-hydrogen) atoms. The van der Waals surface area contributed by atoms with E-state index in [0.29, 0.717) is 16.7 Å². The van der Waals surface area contributed by atoms with Gasteiger partial charge in [0.2, 0.25) is 5.79 Å². The second-order valence-electron chi connectivity index (χ2n) is 13.7. The highest BCUT2D eigenvalue weighted by atomic mass is 16.8. The zero-order chi connectivity index (χ0) is 45.1. The van der Waals surface area contributed by atoms with Gasteiger partial charge >= 0.3 is 17.9 Å². The van der Waals surface area contributed by atoms with Crippen molar-refractivity contribution in [3.8, 4) is 34.5 Å². The summed E-state index contributed by atoms with van der Waals surface area (Å²) in [5.74, 6) is -5.98. The topological polar surface area (TPSA) is 296 Å². The standard InChI is InChI=1S/C42H46O20/c1-54-28-16-22(4-10-25(28)44)7-13-33(47)57-20-32-37(51)40(60-35(49)15-9-24-6-12-27(46)30(18-24)56-3)42(61-32,62-41-39(53)38(52)36(50)31(19-43)59-41)21-58-34(48)14-8-23-5-11-26(45)29(17-23)55-2/h4-18,31-32,36-41,43-46,50-53H,19-21H2,1-3H3/b13-7+,14-8+,15-9+/t31-,32-,36-,37-,38+,39-,40+,41-,42+/m1/s1. The highest BCUT2D eigenvalue weighted by Crippen LogP contribution is 2.39. The van der Waals surface area contributed by atoms with Crippen LogP contribution in [-0.4, -0.2) is 155 Å². The maximum Gasteiger partial charge on any atom is 0.331 e. The van der Waals surface area contributed by atoms with Gasteiger partial charge in [0.25, 0.3) is 0 Å². The van der Waals surface area contributed by atoms with Gasteiger partial charge in [-0.15, -0.1) is 0 Å². The van der Waals surface area contributed by atoms with E-state index >= 15 is 0 Å². The summed E-state index contributed by atoms with van der Waals surface area (Å²) >= 11 is 0. The number of esters is 3. The van der Waals surface area contributed by atoms with Gasteiger partial charge in [-0.25, -0.2) is 14.4 Å². The average Bonchev–Trinajstić information content (AvgIpc) is 3.52. The lowest BCUT2D eigenvalue weighted by Crippen LogP contribution is -2.63. The molecule has 5 rings (SSSR count). The molecule has 20 heteroatoms. The Kier molecular flexibility index (Phi) is 15.9. The van der Waals surface area contributed by atoms with Crippen molar-refractivity contribution in [2.45, 2.75) is 54.8 Å². The summed E-state index contributed by atoms with van der Waals surface area (Å²) in [4.78, 5) is 39.5. The number of aromatic hydroxyl groups is 3. The first kappa shape index (κ1) is 46.8. The van der Waals surface area contributed by atoms with Crippen molar-refractivity contribution in [1.82, 2.24) is 0 Å². The molecule has 20 nitrogen and oxygen atoms in total. The SMILES string of the molecule is COc1cc(/C=C/C(=O)OC[C@H]2O[C@@](COC(=O)/C=C/c3ccc(O)c(OC)c3)(O[C@H]3O[C@H](CO)[C@@H](O)[C@H](O)[C@H]3O)[C@@H](OC(=O)/C=C/c3ccc(O)c(OC)c3)[C@@H]2O)ccc1O. The number of methoxy groups -OCH3 is 3. The minimum Gasteiger partial charge on any atom is -0.504 e. The van der Waals surface area contributed by atoms with Gasteiger partial charge in [-0.3, -0.25) is 0 Å². The summed E-state index contributed by atoms with van der Waals surface area (Å²) < 4.78 is 49.3. The van der Waals surface area contributed by atoms with Crippen LogP contribution >= 0.6 is 0 Å². The Morgan fingerprint density at radius 2 is 1.10 bits per heavy atom. The van der Waals surface area contributed by atoms with Crippen LogP contribution in [0.4, 0.5) is 0 Å². The molecule has 0 bridgehead atoms. The maximum atomic E-state index is 13.4. The fourth-order valence-electron chi connectivity index (χ4n) is 6.23. The lowest BCUT2D eigenvalue weighted by atomic mass is 9.99. The summed E-state index contributed by atoms with van der Waals surface area (Å²) in [7, 11) is 3.98. The maximum absolute atomic E-state index is 13.4. The Morgan fingerprint density at radius 1 is 0.629 bits per heavy atom. The number of hydrogen-bond donors (Lipinski definition) is 8. The van der Waals surface area contributed by atoms with Crippen LogP contribution in [0.15, 0.2) is 72.8 Å². The van der Waals surface area contributed by atoms with Gasteiger partial charge < -0.3 is 83.5 Å². The number of ether oxygens (including phenoxy) is 9. The summed E-state index contributed by atoms with van der Waals surface area (Å²) in [5.41, 5.74) is 1.19. The average molecular weight is 871 g/mol. The molecule has 0 aliphatic carbocycles. The van der Waals surface area contributed by atoms with Crippen LogP contribution in [0, 0.1) is 0 Å². The van der Waals surface area contributed by atoms with Crippen LogP contribution < -0.4 is 14.2 Å². The molecular weight excluding hydrogens is 824 g/mol. The Morgan fingerprint density at radius 3 is 1.56 bits per heavy atom. The van der Waals surface area contributed by atoms with Gasteiger partial charge in [0.05, 0.1) is 27.9 Å². The van der Waals surface area contributed by atoms with E-state index in [-0.39, 0.29) is 34.5 Å². The van der Waals surface area contributed by atoms with Gasteiger partial charge in [-0.05, 0) is 71.3 Å². The summed E-state index contributed by atoms with van der Waals surface area (Å²) in [6.07, 6.45) is -8.22. The number of benzene rings is 3. The van der Waals surface area contributed by atoms with E-state index in [1.807, 2.05) is 0 Å². The lowest BCUT2D eigenvalue weighted by molar-refractivity contribution is -0.383. The third-order valence-corrected chi connectivity index (χ3v) is 9.54. The first-order valence-electron chi connectivity index (χ1n) is 18.7. The molecule has 3 aromatic rings. The zero-order valence-corrected chi connectivity index (χ0v) is 33.4. The van der Waals surface area contributed by atoms with Gasteiger partial charge in [-0.2, -0.15) is 0 Å². The summed E-state index contributed by atoms with van der Waals surface area (Å²) in [5, 5.41) is 83.2. The molecule has 2 saturated heterocycles. The molecule has 0 spiro atoms. The van der Waals surface area contributed by atoms with E-state index in [2.05, 4.69) is 0 Å². The number of hydrogen-bond acceptors (Lipinski definition) is 20. The smallest absolute Gasteiger partial charge is 0.331 e. The lowest BCUT2D eigenvalue weighted by Gasteiger charge is -2.43. The first-order chi connectivity index (χ1) is 29.6. The molecule has 334 valence electrons. The normalized spacial score (nSPS) is 26.1. The van der Waals surface area contributed by atoms with Crippen molar-refractivity contribution in [3.63, 3.8) is 0 Å². The third-order valence-electron chi connectivity index (χ3n) is 9.54. The van der Waals surface area contributed by atoms with Crippen LogP contribution in [0.5, 0.6) is 34.5 Å². The highest BCUT2D eigenvalue weighted by Gasteiger charge is 2.62. The van der Waals surface area contributed by atoms with E-state index in [9.17, 15) is 55.2 Å². The van der Waals surface area contributed by atoms with Crippen molar-refractivity contribution >= 4 is 36.1 Å². The molecule has 2 aliphatic heterocycles. The van der Waals surface area contributed by atoms with E-state index < -0.39 is 92.5 Å². The Balaban J connectivity index is 1.46. The quantitative estimate of drug-likeness (QED) is 0.0522. The van der Waals surface area contributed by atoms with E-state index in [4.69, 9.17) is 42.6 Å². The molecule has 8 N–H and O–H groups in total. The van der Waals surface area contributed by atoms with Gasteiger partial charge in [0, 0.05) is 18.2 Å². The molecule has 0 radical (unpaired) electrons. The van der Waals surface area contributed by atoms with Crippen molar-refractivity contribution in [3.05, 3.63) is 89.5 Å². The predicted molar refractivity (Wildman–Crippen MR) is 211 cm³/mol. The molecule has 2 aliphatic rings. The molecule has 2 fully saturated rings. The van der Waals surface area contributed by atoms with Gasteiger partial charge in [0.1, 0.15) is 49.8 Å². The number of carbonyl (C=O) groups excluding carboxylic acids is 3. The van der Waals surface area contributed by atoms with Crippen LogP contribution in [-0.2, 0) is 42.8 Å². The van der Waals surface area contributed by atoms with Gasteiger partial charge in [0.15, 0.2) is 46.9 Å². The second kappa shape index (κ2) is 21.0. The Labute approximate surface area is 353 Å². The van der Waals surface area contributed by atoms with Crippen molar-refractivity contribution in [2.24, 2.45) is 0 Å². The van der Waals surface area contributed by atoms with E-state index in [1.54, 1.807) is 0 Å². The highest BCUT2D eigenvalue weighted by molar-refractivity contribution is 5.88. The molecule has 2 heterocycles. The molecule has 0 unspecified atom stereocenters. The number of rotatable bonds is 17. The minimum atomic E-state index is -2.65. The molecule has 0 aromatic heterocycles. The molecule has 0 amide bonds. The number of carbonyl (C=O) groups is 3. The van der Waals surface area contributed by atoms with Crippen LogP contribution in [0.2, 0.25) is 0 Å². The fraction of sp³-hybridized carbons (Fsp3) is 0.357. The minimum absolute atomic E-state index is 0.0857. The van der Waals surface area contributed by atoms with Crippen molar-refractivity contribution < 1.29 is 97.9 Å². The summed E-state index contributed by atoms with van der Waals surface area (Å²) in [6.45, 7) is -2.68. The van der Waals surface area contributed by atoms with E-state index in [0.717, 1.165) is 18.2 Å². The second-order valence-corrected chi connectivity index (χ2v) is 13.7. The largest absolute Gasteiger partial charge is 0.504 e. The number of phenols is 3. The molecule has 3 aromatic carbocycles. The third kappa shape index (κ3) is 11.4.